The lowest BCUT2D eigenvalue weighted by Gasteiger charge is -2.35. The van der Waals surface area contributed by atoms with Crippen molar-refractivity contribution in [3.05, 3.63) is 0 Å². The van der Waals surface area contributed by atoms with Gasteiger partial charge in [0.1, 0.15) is 0 Å². The third-order valence-corrected chi connectivity index (χ3v) is 2.57. The summed E-state index contributed by atoms with van der Waals surface area (Å²) in [7, 11) is 0. The van der Waals surface area contributed by atoms with Gasteiger partial charge in [0, 0.05) is 0 Å². The fraction of sp³-hybridized carbons (Fsp3) is 1.00. The summed E-state index contributed by atoms with van der Waals surface area (Å²) in [4.78, 5) is 0. The van der Waals surface area contributed by atoms with Gasteiger partial charge in [-0.3, -0.25) is 0 Å². The Kier molecular flexibility index (Phi) is 5.53. The molecule has 0 bridgehead atoms. The second-order valence-electron chi connectivity index (χ2n) is 4.08. The average molecular weight is 190 g/mol. The molecule has 0 aliphatic rings. The van der Waals surface area contributed by atoms with Crippen LogP contribution in [0.25, 0.3) is 0 Å². The first kappa shape index (κ1) is 12.9. The van der Waals surface area contributed by atoms with Crippen LogP contribution in [0.2, 0.25) is 0 Å². The highest BCUT2D eigenvalue weighted by atomic mass is 16.5. The van der Waals surface area contributed by atoms with Gasteiger partial charge < -0.3 is 14.9 Å². The minimum absolute atomic E-state index is 0.00622. The van der Waals surface area contributed by atoms with Crippen molar-refractivity contribution < 1.29 is 14.9 Å². The maximum atomic E-state index is 10.2. The van der Waals surface area contributed by atoms with Crippen LogP contribution < -0.4 is 0 Å². The molecule has 0 aliphatic carbocycles. The Bertz CT molecular complexity index is 124. The van der Waals surface area contributed by atoms with E-state index >= 15 is 0 Å². The molecule has 80 valence electrons. The van der Waals surface area contributed by atoms with Crippen molar-refractivity contribution in [3.63, 3.8) is 0 Å². The Labute approximate surface area is 80.7 Å². The van der Waals surface area contributed by atoms with Gasteiger partial charge in [-0.2, -0.15) is 0 Å². The fourth-order valence-electron chi connectivity index (χ4n) is 1.30. The molecule has 0 saturated carbocycles. The molecule has 0 rings (SSSR count). The monoisotopic (exact) mass is 190 g/mol. The minimum Gasteiger partial charge on any atom is -0.394 e. The molecule has 0 aliphatic heterocycles. The zero-order chi connectivity index (χ0) is 10.5. The fourth-order valence-corrected chi connectivity index (χ4v) is 1.30. The molecule has 0 atom stereocenters. The summed E-state index contributed by atoms with van der Waals surface area (Å²) in [5.74, 6) is 0.317. The van der Waals surface area contributed by atoms with E-state index in [-0.39, 0.29) is 18.4 Å². The molecular formula is C10H22O3. The van der Waals surface area contributed by atoms with E-state index in [0.717, 1.165) is 0 Å². The van der Waals surface area contributed by atoms with Gasteiger partial charge in [0.25, 0.3) is 0 Å². The Balaban J connectivity index is 4.09. The van der Waals surface area contributed by atoms with Crippen LogP contribution in [-0.2, 0) is 4.74 Å². The third-order valence-electron chi connectivity index (χ3n) is 2.57. The van der Waals surface area contributed by atoms with Crippen LogP contribution in [0.1, 0.15) is 27.7 Å². The molecule has 3 nitrogen and oxygen atoms in total. The van der Waals surface area contributed by atoms with Crippen molar-refractivity contribution in [1.29, 1.82) is 0 Å². The average Bonchev–Trinajstić information content (AvgIpc) is 2.03. The SMILES string of the molecule is CC(C)C(O)(COCCO)C(C)C. The van der Waals surface area contributed by atoms with Crippen molar-refractivity contribution >= 4 is 0 Å². The summed E-state index contributed by atoms with van der Waals surface area (Å²) in [5, 5.41) is 18.7. The zero-order valence-electron chi connectivity index (χ0n) is 9.08. The molecule has 0 radical (unpaired) electrons. The number of hydrogen-bond donors (Lipinski definition) is 2. The molecule has 0 aromatic carbocycles. The first-order valence-corrected chi connectivity index (χ1v) is 4.86. The highest BCUT2D eigenvalue weighted by Crippen LogP contribution is 2.26. The lowest BCUT2D eigenvalue weighted by molar-refractivity contribution is -0.109. The topological polar surface area (TPSA) is 49.7 Å². The number of ether oxygens (including phenoxy) is 1. The second kappa shape index (κ2) is 5.58. The molecule has 3 heteroatoms. The van der Waals surface area contributed by atoms with E-state index in [1.54, 1.807) is 0 Å². The van der Waals surface area contributed by atoms with Gasteiger partial charge in [-0.25, -0.2) is 0 Å². The van der Waals surface area contributed by atoms with E-state index in [0.29, 0.717) is 13.2 Å². The van der Waals surface area contributed by atoms with E-state index in [1.165, 1.54) is 0 Å². The molecule has 0 amide bonds. The quantitative estimate of drug-likeness (QED) is 0.615. The Hall–Kier alpha value is -0.120. The molecule has 0 spiro atoms. The van der Waals surface area contributed by atoms with Gasteiger partial charge >= 0.3 is 0 Å². The first-order valence-electron chi connectivity index (χ1n) is 4.86. The predicted octanol–water partition coefficient (Wildman–Crippen LogP) is 1.04. The predicted molar refractivity (Wildman–Crippen MR) is 52.5 cm³/mol. The van der Waals surface area contributed by atoms with Crippen LogP contribution >= 0.6 is 0 Å². The first-order chi connectivity index (χ1) is 5.95. The molecule has 0 unspecified atom stereocenters. The van der Waals surface area contributed by atoms with Crippen molar-refractivity contribution in [2.75, 3.05) is 19.8 Å². The Morgan fingerprint density at radius 1 is 1.15 bits per heavy atom. The van der Waals surface area contributed by atoms with Crippen LogP contribution in [0.3, 0.4) is 0 Å². The lowest BCUT2D eigenvalue weighted by Crippen LogP contribution is -2.45. The molecule has 0 heterocycles. The smallest absolute Gasteiger partial charge is 0.0925 e. The summed E-state index contributed by atoms with van der Waals surface area (Å²) in [6.07, 6.45) is 0. The maximum absolute atomic E-state index is 10.2. The molecule has 0 aromatic rings. The van der Waals surface area contributed by atoms with Crippen LogP contribution in [0, 0.1) is 11.8 Å². The van der Waals surface area contributed by atoms with Gasteiger partial charge in [0.2, 0.25) is 0 Å². The maximum Gasteiger partial charge on any atom is 0.0925 e. The summed E-state index contributed by atoms with van der Waals surface area (Å²) < 4.78 is 5.17. The van der Waals surface area contributed by atoms with Gasteiger partial charge in [0.05, 0.1) is 25.4 Å². The van der Waals surface area contributed by atoms with E-state index in [1.807, 2.05) is 27.7 Å². The number of aliphatic hydroxyl groups is 2. The summed E-state index contributed by atoms with van der Waals surface area (Å²) in [6, 6.07) is 0. The van der Waals surface area contributed by atoms with Crippen molar-refractivity contribution in [2.24, 2.45) is 11.8 Å². The normalized spacial score (nSPS) is 12.9. The van der Waals surface area contributed by atoms with Crippen LogP contribution in [0.5, 0.6) is 0 Å². The largest absolute Gasteiger partial charge is 0.394 e. The van der Waals surface area contributed by atoms with Crippen LogP contribution in [0.4, 0.5) is 0 Å². The van der Waals surface area contributed by atoms with Crippen molar-refractivity contribution in [1.82, 2.24) is 0 Å². The number of aliphatic hydroxyl groups excluding tert-OH is 1. The summed E-state index contributed by atoms with van der Waals surface area (Å²) in [6.45, 7) is 8.49. The Morgan fingerprint density at radius 2 is 1.62 bits per heavy atom. The van der Waals surface area contributed by atoms with E-state index < -0.39 is 5.60 Å². The summed E-state index contributed by atoms with van der Waals surface area (Å²) in [5.41, 5.74) is -0.783. The molecule has 0 fully saturated rings. The van der Waals surface area contributed by atoms with Crippen molar-refractivity contribution in [2.45, 2.75) is 33.3 Å². The lowest BCUT2D eigenvalue weighted by atomic mass is 9.81. The van der Waals surface area contributed by atoms with Crippen molar-refractivity contribution in [3.8, 4) is 0 Å². The Morgan fingerprint density at radius 3 is 1.92 bits per heavy atom. The minimum atomic E-state index is -0.783. The van der Waals surface area contributed by atoms with E-state index in [9.17, 15) is 5.11 Å². The molecule has 0 aromatic heterocycles. The van der Waals surface area contributed by atoms with Gasteiger partial charge in [-0.05, 0) is 11.8 Å². The van der Waals surface area contributed by atoms with Gasteiger partial charge in [-0.15, -0.1) is 0 Å². The zero-order valence-corrected chi connectivity index (χ0v) is 9.08. The van der Waals surface area contributed by atoms with Crippen LogP contribution in [0.15, 0.2) is 0 Å². The molecule has 2 N–H and O–H groups in total. The number of rotatable bonds is 6. The van der Waals surface area contributed by atoms with Gasteiger partial charge in [0.15, 0.2) is 0 Å². The highest BCUT2D eigenvalue weighted by Gasteiger charge is 2.34. The molecule has 0 saturated heterocycles. The highest BCUT2D eigenvalue weighted by molar-refractivity contribution is 4.84. The standard InChI is InChI=1S/C10H22O3/c1-8(2)10(12,9(3)4)7-13-6-5-11/h8-9,11-12H,5-7H2,1-4H3. The third kappa shape index (κ3) is 3.63. The van der Waals surface area contributed by atoms with E-state index in [4.69, 9.17) is 9.84 Å². The second-order valence-corrected chi connectivity index (χ2v) is 4.08. The van der Waals surface area contributed by atoms with Gasteiger partial charge in [-0.1, -0.05) is 27.7 Å². The van der Waals surface area contributed by atoms with E-state index in [2.05, 4.69) is 0 Å². The molecular weight excluding hydrogens is 168 g/mol. The molecule has 13 heavy (non-hydrogen) atoms. The summed E-state index contributed by atoms with van der Waals surface area (Å²) >= 11 is 0. The number of hydrogen-bond acceptors (Lipinski definition) is 3. The van der Waals surface area contributed by atoms with Crippen LogP contribution in [-0.4, -0.2) is 35.6 Å².